The summed E-state index contributed by atoms with van der Waals surface area (Å²) in [6, 6.07) is 7.82. The average Bonchev–Trinajstić information content (AvgIpc) is 3.16. The van der Waals surface area contributed by atoms with E-state index in [9.17, 15) is 4.79 Å². The van der Waals surface area contributed by atoms with Gasteiger partial charge in [-0.15, -0.1) is 0 Å². The molecule has 1 aliphatic heterocycles. The Hall–Kier alpha value is -2.14. The maximum Gasteiger partial charge on any atom is 0.248 e. The topological polar surface area (TPSA) is 47.4 Å². The van der Waals surface area contributed by atoms with Crippen LogP contribution in [0.4, 0.5) is 0 Å². The Morgan fingerprint density at radius 1 is 1.33 bits per heavy atom. The minimum Gasteiger partial charge on any atom is -0.372 e. The molecule has 1 fully saturated rings. The molecular weight excluding hydrogens is 302 g/mol. The van der Waals surface area contributed by atoms with Crippen molar-refractivity contribution in [3.05, 3.63) is 54.6 Å². The van der Waals surface area contributed by atoms with Crippen molar-refractivity contribution >= 4 is 5.91 Å². The summed E-state index contributed by atoms with van der Waals surface area (Å²) in [5.74, 6) is 0.147. The van der Waals surface area contributed by atoms with E-state index in [2.05, 4.69) is 4.98 Å². The number of amides is 1. The van der Waals surface area contributed by atoms with E-state index >= 15 is 0 Å². The second kappa shape index (κ2) is 7.18. The molecule has 1 saturated heterocycles. The Balaban J connectivity index is 1.60. The molecule has 0 unspecified atom stereocenters. The fraction of sp³-hybridized carbons (Fsp3) is 0.474. The summed E-state index contributed by atoms with van der Waals surface area (Å²) in [5, 5.41) is 0. The van der Waals surface area contributed by atoms with Crippen LogP contribution in [0.25, 0.3) is 0 Å². The van der Waals surface area contributed by atoms with Gasteiger partial charge in [-0.2, -0.15) is 0 Å². The molecule has 24 heavy (non-hydrogen) atoms. The summed E-state index contributed by atoms with van der Waals surface area (Å²) in [6.45, 7) is 5.94. The van der Waals surface area contributed by atoms with Crippen molar-refractivity contribution in [2.75, 3.05) is 13.1 Å². The SMILES string of the molecule is CC(C)(C(=O)N1CCC[C@@H](OCc2cccnc2)C1)n1cccc1. The fourth-order valence-corrected chi connectivity index (χ4v) is 3.16. The second-order valence-corrected chi connectivity index (χ2v) is 6.84. The minimum atomic E-state index is -0.575. The van der Waals surface area contributed by atoms with Gasteiger partial charge in [-0.1, -0.05) is 6.07 Å². The smallest absolute Gasteiger partial charge is 0.248 e. The van der Waals surface area contributed by atoms with E-state index in [1.807, 2.05) is 66.2 Å². The van der Waals surface area contributed by atoms with Crippen molar-refractivity contribution in [3.8, 4) is 0 Å². The summed E-state index contributed by atoms with van der Waals surface area (Å²) in [6.07, 6.45) is 9.52. The molecule has 0 aromatic carbocycles. The first-order valence-electron chi connectivity index (χ1n) is 8.51. The number of nitrogens with zero attached hydrogens (tertiary/aromatic N) is 3. The third kappa shape index (κ3) is 3.67. The quantitative estimate of drug-likeness (QED) is 0.848. The number of hydrogen-bond donors (Lipinski definition) is 0. The summed E-state index contributed by atoms with van der Waals surface area (Å²) in [4.78, 5) is 19.0. The summed E-state index contributed by atoms with van der Waals surface area (Å²) in [7, 11) is 0. The molecule has 0 bridgehead atoms. The molecule has 0 N–H and O–H groups in total. The highest BCUT2D eigenvalue weighted by Crippen LogP contribution is 2.23. The number of aromatic nitrogens is 2. The molecule has 128 valence electrons. The summed E-state index contributed by atoms with van der Waals surface area (Å²) in [5.41, 5.74) is 0.489. The van der Waals surface area contributed by atoms with Crippen molar-refractivity contribution < 1.29 is 9.53 Å². The number of hydrogen-bond acceptors (Lipinski definition) is 3. The molecule has 0 saturated carbocycles. The molecule has 5 nitrogen and oxygen atoms in total. The van der Waals surface area contributed by atoms with Crippen molar-refractivity contribution in [1.29, 1.82) is 0 Å². The Kier molecular flexibility index (Phi) is 5.00. The second-order valence-electron chi connectivity index (χ2n) is 6.84. The van der Waals surface area contributed by atoms with E-state index in [4.69, 9.17) is 4.74 Å². The maximum absolute atomic E-state index is 13.0. The van der Waals surface area contributed by atoms with Crippen LogP contribution in [0.5, 0.6) is 0 Å². The number of pyridine rings is 1. The van der Waals surface area contributed by atoms with Gasteiger partial charge < -0.3 is 14.2 Å². The van der Waals surface area contributed by atoms with Gasteiger partial charge in [0.1, 0.15) is 5.54 Å². The van der Waals surface area contributed by atoms with Gasteiger partial charge in [0.05, 0.1) is 12.7 Å². The molecule has 0 spiro atoms. The fourth-order valence-electron chi connectivity index (χ4n) is 3.16. The van der Waals surface area contributed by atoms with Gasteiger partial charge in [0.25, 0.3) is 0 Å². The lowest BCUT2D eigenvalue weighted by Gasteiger charge is -2.38. The van der Waals surface area contributed by atoms with Crippen LogP contribution in [0.3, 0.4) is 0 Å². The average molecular weight is 327 g/mol. The van der Waals surface area contributed by atoms with Crippen molar-refractivity contribution in [2.45, 2.75) is 44.9 Å². The number of carbonyl (C=O) groups is 1. The highest BCUT2D eigenvalue weighted by Gasteiger charge is 2.35. The van der Waals surface area contributed by atoms with Crippen LogP contribution >= 0.6 is 0 Å². The van der Waals surface area contributed by atoms with Gasteiger partial charge in [-0.3, -0.25) is 9.78 Å². The Labute approximate surface area is 143 Å². The maximum atomic E-state index is 13.0. The first kappa shape index (κ1) is 16.7. The minimum absolute atomic E-state index is 0.0865. The van der Waals surface area contributed by atoms with Gasteiger partial charge in [0.2, 0.25) is 5.91 Å². The molecule has 1 amide bonds. The van der Waals surface area contributed by atoms with Crippen LogP contribution in [0.15, 0.2) is 49.1 Å². The van der Waals surface area contributed by atoms with Gasteiger partial charge in [-0.25, -0.2) is 0 Å². The molecule has 2 aromatic heterocycles. The monoisotopic (exact) mass is 327 g/mol. The van der Waals surface area contributed by atoms with E-state index in [1.54, 1.807) is 6.20 Å². The summed E-state index contributed by atoms with van der Waals surface area (Å²) < 4.78 is 7.98. The van der Waals surface area contributed by atoms with Crippen LogP contribution in [0.2, 0.25) is 0 Å². The Bertz CT molecular complexity index is 653. The standard InChI is InChI=1S/C19H25N3O2/c1-19(2,22-11-3-4-12-22)18(23)21-10-6-8-17(14-21)24-15-16-7-5-9-20-13-16/h3-5,7,9,11-13,17H,6,8,10,14-15H2,1-2H3/t17-/m1/s1. The molecule has 0 aliphatic carbocycles. The molecular formula is C19H25N3O2. The molecule has 1 aliphatic rings. The van der Waals surface area contributed by atoms with Crippen LogP contribution in [0.1, 0.15) is 32.3 Å². The summed E-state index contributed by atoms with van der Waals surface area (Å²) >= 11 is 0. The van der Waals surface area contributed by atoms with Crippen LogP contribution in [-0.4, -0.2) is 39.6 Å². The van der Waals surface area contributed by atoms with Gasteiger partial charge in [0.15, 0.2) is 0 Å². The van der Waals surface area contributed by atoms with E-state index in [-0.39, 0.29) is 12.0 Å². The van der Waals surface area contributed by atoms with Crippen molar-refractivity contribution in [3.63, 3.8) is 0 Å². The number of ether oxygens (including phenoxy) is 1. The normalized spacial score (nSPS) is 18.6. The number of likely N-dealkylation sites (tertiary alicyclic amines) is 1. The van der Waals surface area contributed by atoms with Crippen molar-refractivity contribution in [1.82, 2.24) is 14.5 Å². The van der Waals surface area contributed by atoms with Crippen LogP contribution in [-0.2, 0) is 21.7 Å². The van der Waals surface area contributed by atoms with Gasteiger partial charge in [-0.05, 0) is 50.5 Å². The molecule has 2 aromatic rings. The zero-order valence-electron chi connectivity index (χ0n) is 14.4. The number of piperidine rings is 1. The number of rotatable bonds is 5. The number of carbonyl (C=O) groups excluding carboxylic acids is 1. The predicted octanol–water partition coefficient (Wildman–Crippen LogP) is 2.83. The lowest BCUT2D eigenvalue weighted by atomic mass is 10.00. The Morgan fingerprint density at radius 2 is 2.12 bits per heavy atom. The third-order valence-corrected chi connectivity index (χ3v) is 4.65. The van der Waals surface area contributed by atoms with Crippen LogP contribution < -0.4 is 0 Å². The van der Waals surface area contributed by atoms with Crippen LogP contribution in [0, 0.1) is 0 Å². The molecule has 5 heteroatoms. The lowest BCUT2D eigenvalue weighted by molar-refractivity contribution is -0.143. The lowest BCUT2D eigenvalue weighted by Crippen LogP contribution is -2.51. The molecule has 0 radical (unpaired) electrons. The van der Waals surface area contributed by atoms with Gasteiger partial charge in [0, 0.05) is 37.9 Å². The highest BCUT2D eigenvalue weighted by molar-refractivity contribution is 5.83. The predicted molar refractivity (Wildman–Crippen MR) is 92.4 cm³/mol. The van der Waals surface area contributed by atoms with Crippen molar-refractivity contribution in [2.24, 2.45) is 0 Å². The molecule has 3 rings (SSSR count). The third-order valence-electron chi connectivity index (χ3n) is 4.65. The van der Waals surface area contributed by atoms with E-state index in [1.165, 1.54) is 0 Å². The van der Waals surface area contributed by atoms with E-state index in [0.29, 0.717) is 13.2 Å². The molecule has 3 heterocycles. The van der Waals surface area contributed by atoms with Gasteiger partial charge >= 0.3 is 0 Å². The highest BCUT2D eigenvalue weighted by atomic mass is 16.5. The zero-order valence-corrected chi connectivity index (χ0v) is 14.4. The largest absolute Gasteiger partial charge is 0.372 e. The zero-order chi connectivity index (χ0) is 17.0. The molecule has 1 atom stereocenters. The first-order chi connectivity index (χ1) is 11.6. The van der Waals surface area contributed by atoms with E-state index in [0.717, 1.165) is 24.9 Å². The Morgan fingerprint density at radius 3 is 2.83 bits per heavy atom. The van der Waals surface area contributed by atoms with E-state index < -0.39 is 5.54 Å². The first-order valence-corrected chi connectivity index (χ1v) is 8.51.